The number of nitrogens with zero attached hydrogens (tertiary/aromatic N) is 2. The molecule has 8 heteroatoms. The minimum Gasteiger partial charge on any atom is -0.504 e. The molecule has 2 N–H and O–H groups in total. The van der Waals surface area contributed by atoms with E-state index in [9.17, 15) is 10.2 Å². The van der Waals surface area contributed by atoms with Crippen molar-refractivity contribution in [1.29, 1.82) is 0 Å². The number of fused-ring (bicyclic) bond motifs is 6. The number of unbranched alkanes of at least 4 members (excludes halogenated alkanes) is 2. The molecule has 0 amide bonds. The van der Waals surface area contributed by atoms with Crippen molar-refractivity contribution >= 4 is 61.5 Å². The first-order chi connectivity index (χ1) is 28.2. The average molecular weight is 785 g/mol. The summed E-state index contributed by atoms with van der Waals surface area (Å²) in [5.41, 5.74) is 9.09. The van der Waals surface area contributed by atoms with Gasteiger partial charge in [0.2, 0.25) is 0 Å². The average Bonchev–Trinajstić information content (AvgIpc) is 4.01. The number of rotatable bonds is 12. The molecule has 0 unspecified atom stereocenters. The van der Waals surface area contributed by atoms with Gasteiger partial charge in [0.1, 0.15) is 11.5 Å². The van der Waals surface area contributed by atoms with Gasteiger partial charge in [0.05, 0.1) is 50.9 Å². The van der Waals surface area contributed by atoms with Crippen molar-refractivity contribution in [3.8, 4) is 55.3 Å². The maximum atomic E-state index is 11.7. The highest BCUT2D eigenvalue weighted by atomic mass is 32.1. The lowest BCUT2D eigenvalue weighted by molar-refractivity contribution is 0.280. The van der Waals surface area contributed by atoms with E-state index in [1.807, 2.05) is 66.0 Å². The zero-order chi connectivity index (χ0) is 38.3. The van der Waals surface area contributed by atoms with Gasteiger partial charge in [-0.2, -0.15) is 0 Å². The number of aromatic nitrogens is 2. The van der Waals surface area contributed by atoms with Gasteiger partial charge in [-0.3, -0.25) is 0 Å². The van der Waals surface area contributed by atoms with Crippen LogP contribution in [0.5, 0.6) is 23.0 Å². The Morgan fingerprint density at radius 3 is 1.58 bits per heavy atom. The van der Waals surface area contributed by atoms with Crippen LogP contribution in [0.2, 0.25) is 0 Å². The number of hydrogen-bond acceptors (Lipinski definition) is 6. The predicted molar refractivity (Wildman–Crippen MR) is 236 cm³/mol. The molecule has 0 aliphatic heterocycles. The van der Waals surface area contributed by atoms with Gasteiger partial charge in [-0.25, -0.2) is 0 Å². The fourth-order valence-electron chi connectivity index (χ4n) is 8.32. The molecule has 5 aromatic carbocycles. The van der Waals surface area contributed by atoms with Crippen LogP contribution in [0.15, 0.2) is 138 Å². The van der Waals surface area contributed by atoms with Crippen molar-refractivity contribution in [3.05, 3.63) is 149 Å². The first kappa shape index (κ1) is 35.2. The lowest BCUT2D eigenvalue weighted by atomic mass is 10.0. The molecule has 4 heterocycles. The Hall–Kier alpha value is -6.22. The van der Waals surface area contributed by atoms with Gasteiger partial charge >= 0.3 is 0 Å². The molecule has 0 fully saturated rings. The summed E-state index contributed by atoms with van der Waals surface area (Å²) in [5, 5.41) is 31.0. The Labute approximate surface area is 338 Å². The van der Waals surface area contributed by atoms with Crippen LogP contribution < -0.4 is 9.47 Å². The van der Waals surface area contributed by atoms with Crippen molar-refractivity contribution in [3.63, 3.8) is 0 Å². The quantitative estimate of drug-likeness (QED) is 0.121. The SMILES string of the molecule is Oc1c(-n2c3c(c4ccccc42)C=CCC3)csc1-c1ccccc1OCCCCCOc1ccccc1-c1scc(-n2c3ccccc3c3ccccc32)c1O. The van der Waals surface area contributed by atoms with Crippen LogP contribution >= 0.6 is 22.7 Å². The van der Waals surface area contributed by atoms with Crippen LogP contribution in [0.3, 0.4) is 0 Å². The Morgan fingerprint density at radius 1 is 0.526 bits per heavy atom. The molecule has 0 saturated carbocycles. The standard InChI is InChI=1S/C49H40N2O4S2/c52-46-42(50-38-22-8-2-16-32(38)33-17-3-9-23-39(33)50)30-56-48(46)36-20-6-12-26-44(36)54-28-14-1-15-29-55-45-27-13-7-21-37(45)49-47(53)43(31-57-49)51-40-24-10-4-18-34(40)35-19-5-11-25-41(35)51/h2-10,12-13,16-24,26-27,30-31,52-53H,1,11,14-15,25,28-29H2. The second-order valence-corrected chi connectivity index (χ2v) is 16.1. The summed E-state index contributed by atoms with van der Waals surface area (Å²) in [6, 6.07) is 41.1. The van der Waals surface area contributed by atoms with E-state index in [1.165, 1.54) is 28.0 Å². The topological polar surface area (TPSA) is 68.8 Å². The maximum absolute atomic E-state index is 11.7. The second kappa shape index (κ2) is 15.0. The van der Waals surface area contributed by atoms with Crippen molar-refractivity contribution in [2.24, 2.45) is 0 Å². The van der Waals surface area contributed by atoms with Crippen LogP contribution in [0.4, 0.5) is 0 Å². The number of thiophene rings is 2. The molecule has 0 saturated heterocycles. The zero-order valence-electron chi connectivity index (χ0n) is 31.2. The minimum absolute atomic E-state index is 0.252. The third-order valence-corrected chi connectivity index (χ3v) is 12.9. The minimum atomic E-state index is 0.252. The molecule has 0 radical (unpaired) electrons. The van der Waals surface area contributed by atoms with Crippen LogP contribution in [-0.4, -0.2) is 32.6 Å². The third kappa shape index (κ3) is 6.16. The molecule has 4 aromatic heterocycles. The second-order valence-electron chi connectivity index (χ2n) is 14.4. The Kier molecular flexibility index (Phi) is 9.28. The number of aromatic hydroxyl groups is 2. The number of hydrogen-bond donors (Lipinski definition) is 2. The van der Waals surface area contributed by atoms with Crippen LogP contribution in [0, 0.1) is 0 Å². The number of allylic oxidation sites excluding steroid dienone is 1. The monoisotopic (exact) mass is 784 g/mol. The van der Waals surface area contributed by atoms with E-state index in [4.69, 9.17) is 9.47 Å². The summed E-state index contributed by atoms with van der Waals surface area (Å²) in [4.78, 5) is 1.60. The number of para-hydroxylation sites is 5. The third-order valence-electron chi connectivity index (χ3n) is 11.0. The normalized spacial score (nSPS) is 12.5. The Bertz CT molecular complexity index is 2890. The largest absolute Gasteiger partial charge is 0.504 e. The number of ether oxygens (including phenoxy) is 2. The van der Waals surface area contributed by atoms with E-state index in [0.29, 0.717) is 13.2 Å². The van der Waals surface area contributed by atoms with Gasteiger partial charge in [0.15, 0.2) is 11.5 Å². The first-order valence-corrected chi connectivity index (χ1v) is 21.3. The highest BCUT2D eigenvalue weighted by Crippen LogP contribution is 2.48. The van der Waals surface area contributed by atoms with E-state index in [2.05, 4.69) is 87.3 Å². The van der Waals surface area contributed by atoms with Gasteiger partial charge in [-0.1, -0.05) is 91.0 Å². The van der Waals surface area contributed by atoms with Crippen molar-refractivity contribution in [2.75, 3.05) is 13.2 Å². The van der Waals surface area contributed by atoms with Gasteiger partial charge in [-0.05, 0) is 74.6 Å². The smallest absolute Gasteiger partial charge is 0.158 e. The molecule has 282 valence electrons. The molecule has 57 heavy (non-hydrogen) atoms. The fraction of sp³-hybridized carbons (Fsp3) is 0.143. The highest BCUT2D eigenvalue weighted by molar-refractivity contribution is 7.14. The lowest BCUT2D eigenvalue weighted by Crippen LogP contribution is -2.02. The molecule has 0 atom stereocenters. The molecule has 0 spiro atoms. The van der Waals surface area contributed by atoms with E-state index in [1.54, 1.807) is 11.3 Å². The van der Waals surface area contributed by atoms with Crippen LogP contribution in [0.1, 0.15) is 36.9 Å². The van der Waals surface area contributed by atoms with Crippen LogP contribution in [0.25, 0.3) is 71.0 Å². The van der Waals surface area contributed by atoms with Gasteiger partial charge in [0, 0.05) is 49.3 Å². The molecule has 1 aliphatic rings. The van der Waals surface area contributed by atoms with Crippen molar-refractivity contribution < 1.29 is 19.7 Å². The Morgan fingerprint density at radius 2 is 1.00 bits per heavy atom. The molecular weight excluding hydrogens is 745 g/mol. The lowest BCUT2D eigenvalue weighted by Gasteiger charge is -2.14. The van der Waals surface area contributed by atoms with E-state index in [-0.39, 0.29) is 11.5 Å². The van der Waals surface area contributed by atoms with E-state index < -0.39 is 0 Å². The van der Waals surface area contributed by atoms with Crippen molar-refractivity contribution in [1.82, 2.24) is 9.13 Å². The molecule has 6 nitrogen and oxygen atoms in total. The number of benzene rings is 5. The summed E-state index contributed by atoms with van der Waals surface area (Å²) in [7, 11) is 0. The zero-order valence-corrected chi connectivity index (χ0v) is 32.9. The molecular formula is C49H40N2O4S2. The molecule has 9 aromatic rings. The first-order valence-electron chi connectivity index (χ1n) is 19.5. The predicted octanol–water partition coefficient (Wildman–Crippen LogP) is 13.2. The summed E-state index contributed by atoms with van der Waals surface area (Å²) >= 11 is 3.08. The summed E-state index contributed by atoms with van der Waals surface area (Å²) in [6.07, 6.45) is 9.04. The van der Waals surface area contributed by atoms with Gasteiger partial charge in [-0.15, -0.1) is 22.7 Å². The van der Waals surface area contributed by atoms with Crippen LogP contribution in [-0.2, 0) is 6.42 Å². The van der Waals surface area contributed by atoms with Gasteiger partial charge < -0.3 is 28.8 Å². The fourth-order valence-corrected chi connectivity index (χ4v) is 10.2. The summed E-state index contributed by atoms with van der Waals surface area (Å²) < 4.78 is 17.1. The molecule has 10 rings (SSSR count). The maximum Gasteiger partial charge on any atom is 0.158 e. The molecule has 1 aliphatic carbocycles. The highest BCUT2D eigenvalue weighted by Gasteiger charge is 2.24. The van der Waals surface area contributed by atoms with E-state index in [0.717, 1.165) is 103 Å². The summed E-state index contributed by atoms with van der Waals surface area (Å²) in [6.45, 7) is 1.11. The Balaban J connectivity index is 0.794. The van der Waals surface area contributed by atoms with Gasteiger partial charge in [0.25, 0.3) is 0 Å². The summed E-state index contributed by atoms with van der Waals surface area (Å²) in [5.74, 6) is 2.06. The van der Waals surface area contributed by atoms with Crippen molar-refractivity contribution in [2.45, 2.75) is 32.1 Å². The van der Waals surface area contributed by atoms with E-state index >= 15 is 0 Å². The molecule has 0 bridgehead atoms.